The normalized spacial score (nSPS) is 11.8. The smallest absolute Gasteiger partial charge is 0.415 e. The van der Waals surface area contributed by atoms with E-state index in [1.807, 2.05) is 0 Å². The summed E-state index contributed by atoms with van der Waals surface area (Å²) in [6.07, 6.45) is -3.68. The summed E-state index contributed by atoms with van der Waals surface area (Å²) < 4.78 is 114. The molecule has 0 bridgehead atoms. The Bertz CT molecular complexity index is 1270. The average molecular weight is 696 g/mol. The Kier molecular flexibility index (Phi) is 8.97. The SMILES string of the molecule is FC(F)(F)C(F)(F)C(F)(F)c1n[n-]c(-c2ccccn2)n1.Fc1c[c-]c(-c2ccccn2)c(F)c1.[Ir]. The quantitative estimate of drug-likeness (QED) is 0.205. The summed E-state index contributed by atoms with van der Waals surface area (Å²) >= 11 is 0. The van der Waals surface area contributed by atoms with Crippen LogP contribution < -0.4 is 5.10 Å². The molecule has 0 aliphatic rings. The van der Waals surface area contributed by atoms with Crippen LogP contribution in [0.25, 0.3) is 22.8 Å². The van der Waals surface area contributed by atoms with Gasteiger partial charge in [0.15, 0.2) is 0 Å². The first-order chi connectivity index (χ1) is 16.3. The molecule has 0 saturated carbocycles. The maximum atomic E-state index is 13.3. The van der Waals surface area contributed by atoms with Crippen molar-refractivity contribution in [1.29, 1.82) is 0 Å². The Morgan fingerprint density at radius 3 is 1.89 bits per heavy atom. The fourth-order valence-electron chi connectivity index (χ4n) is 2.45. The van der Waals surface area contributed by atoms with Crippen LogP contribution in [0.1, 0.15) is 5.82 Å². The number of aromatic nitrogens is 5. The molecule has 0 unspecified atom stereocenters. The van der Waals surface area contributed by atoms with Crippen LogP contribution in [0.3, 0.4) is 0 Å². The van der Waals surface area contributed by atoms with Gasteiger partial charge in [0.05, 0.1) is 5.69 Å². The van der Waals surface area contributed by atoms with E-state index in [1.54, 1.807) is 24.4 Å². The van der Waals surface area contributed by atoms with Crippen LogP contribution in [0, 0.1) is 17.7 Å². The van der Waals surface area contributed by atoms with Crippen LogP contribution in [-0.2, 0) is 26.0 Å². The molecule has 0 atom stereocenters. The van der Waals surface area contributed by atoms with Gasteiger partial charge < -0.3 is 15.1 Å². The van der Waals surface area contributed by atoms with E-state index in [1.165, 1.54) is 24.4 Å². The van der Waals surface area contributed by atoms with Crippen LogP contribution in [-0.4, -0.2) is 32.1 Å². The molecular formula is C21H10F9IrN5-2. The Hall–Kier alpha value is -3.32. The minimum atomic E-state index is -6.46. The van der Waals surface area contributed by atoms with Crippen LogP contribution in [0.15, 0.2) is 60.9 Å². The molecule has 0 spiro atoms. The Labute approximate surface area is 210 Å². The molecule has 5 nitrogen and oxygen atoms in total. The van der Waals surface area contributed by atoms with Crippen molar-refractivity contribution in [1.82, 2.24) is 25.1 Å². The van der Waals surface area contributed by atoms with E-state index in [0.717, 1.165) is 12.1 Å². The van der Waals surface area contributed by atoms with E-state index in [9.17, 15) is 39.5 Å². The zero-order valence-corrected chi connectivity index (χ0v) is 19.6. The van der Waals surface area contributed by atoms with Crippen molar-refractivity contribution in [3.8, 4) is 22.8 Å². The van der Waals surface area contributed by atoms with Gasteiger partial charge in [-0.3, -0.25) is 18.9 Å². The monoisotopic (exact) mass is 696 g/mol. The first-order valence-corrected chi connectivity index (χ1v) is 9.24. The third kappa shape index (κ3) is 6.08. The number of hydrogen-bond acceptors (Lipinski definition) is 4. The van der Waals surface area contributed by atoms with Crippen molar-refractivity contribution < 1.29 is 59.6 Å². The van der Waals surface area contributed by atoms with E-state index in [4.69, 9.17) is 0 Å². The van der Waals surface area contributed by atoms with Crippen molar-refractivity contribution in [2.45, 2.75) is 18.0 Å². The average Bonchev–Trinajstić information content (AvgIpc) is 3.31. The van der Waals surface area contributed by atoms with Crippen molar-refractivity contribution >= 4 is 0 Å². The fraction of sp³-hybridized carbons (Fsp3) is 0.143. The van der Waals surface area contributed by atoms with Gasteiger partial charge in [0.25, 0.3) is 0 Å². The number of halogens is 9. The van der Waals surface area contributed by atoms with Gasteiger partial charge in [-0.25, -0.2) is 0 Å². The number of rotatable bonds is 4. The van der Waals surface area contributed by atoms with Crippen LogP contribution in [0.2, 0.25) is 0 Å². The van der Waals surface area contributed by atoms with Gasteiger partial charge in [0, 0.05) is 44.1 Å². The fourth-order valence-corrected chi connectivity index (χ4v) is 2.45. The summed E-state index contributed by atoms with van der Waals surface area (Å²) in [4.78, 5) is 10.5. The largest absolute Gasteiger partial charge is 0.460 e. The van der Waals surface area contributed by atoms with Crippen LogP contribution in [0.4, 0.5) is 39.5 Å². The minimum Gasteiger partial charge on any atom is -0.415 e. The molecule has 1 aromatic carbocycles. The van der Waals surface area contributed by atoms with Crippen molar-refractivity contribution in [2.75, 3.05) is 0 Å². The summed E-state index contributed by atoms with van der Waals surface area (Å²) in [6.45, 7) is 0. The molecule has 0 N–H and O–H groups in total. The van der Waals surface area contributed by atoms with Crippen molar-refractivity contribution in [3.63, 3.8) is 0 Å². The number of alkyl halides is 7. The molecule has 3 heterocycles. The molecule has 1 radical (unpaired) electrons. The first kappa shape index (κ1) is 28.9. The zero-order chi connectivity index (χ0) is 25.9. The van der Waals surface area contributed by atoms with Gasteiger partial charge in [0.2, 0.25) is 0 Å². The van der Waals surface area contributed by atoms with Gasteiger partial charge in [-0.1, -0.05) is 29.8 Å². The van der Waals surface area contributed by atoms with E-state index < -0.39 is 41.3 Å². The molecule has 0 fully saturated rings. The maximum Gasteiger partial charge on any atom is 0.460 e. The Morgan fingerprint density at radius 1 is 0.806 bits per heavy atom. The number of hydrogen-bond donors (Lipinski definition) is 0. The van der Waals surface area contributed by atoms with Crippen LogP contribution in [0.5, 0.6) is 0 Å². The number of pyridine rings is 2. The molecule has 0 amide bonds. The predicted molar refractivity (Wildman–Crippen MR) is 102 cm³/mol. The van der Waals surface area contributed by atoms with E-state index >= 15 is 0 Å². The molecule has 193 valence electrons. The van der Waals surface area contributed by atoms with Gasteiger partial charge in [-0.2, -0.15) is 30.7 Å². The van der Waals surface area contributed by atoms with Gasteiger partial charge in [-0.15, -0.1) is 12.1 Å². The summed E-state index contributed by atoms with van der Waals surface area (Å²) in [7, 11) is 0. The molecule has 4 rings (SSSR count). The molecule has 4 aromatic rings. The summed E-state index contributed by atoms with van der Waals surface area (Å²) in [5, 5.41) is 5.66. The van der Waals surface area contributed by atoms with Gasteiger partial charge in [-0.05, 0) is 29.7 Å². The summed E-state index contributed by atoms with van der Waals surface area (Å²) in [5.41, 5.74) is 0.541. The van der Waals surface area contributed by atoms with Crippen molar-refractivity contribution in [2.24, 2.45) is 0 Å². The third-order valence-electron chi connectivity index (χ3n) is 4.16. The predicted octanol–water partition coefficient (Wildman–Crippen LogP) is 5.61. The molecule has 15 heteroatoms. The topological polar surface area (TPSA) is 65.7 Å². The third-order valence-corrected chi connectivity index (χ3v) is 4.16. The number of nitrogens with zero attached hydrogens (tertiary/aromatic N) is 5. The molecule has 3 aromatic heterocycles. The molecule has 0 saturated heterocycles. The second kappa shape index (κ2) is 11.2. The Balaban J connectivity index is 0.000000265. The van der Waals surface area contributed by atoms with E-state index in [2.05, 4.69) is 31.2 Å². The second-order valence-corrected chi connectivity index (χ2v) is 6.58. The second-order valence-electron chi connectivity index (χ2n) is 6.58. The first-order valence-electron chi connectivity index (χ1n) is 9.24. The van der Waals surface area contributed by atoms with Crippen molar-refractivity contribution in [3.05, 3.63) is 84.4 Å². The van der Waals surface area contributed by atoms with Gasteiger partial charge >= 0.3 is 18.0 Å². The number of benzene rings is 1. The molecule has 0 aliphatic carbocycles. The molecule has 36 heavy (non-hydrogen) atoms. The zero-order valence-electron chi connectivity index (χ0n) is 17.2. The van der Waals surface area contributed by atoms with Crippen LogP contribution >= 0.6 is 0 Å². The maximum absolute atomic E-state index is 13.3. The van der Waals surface area contributed by atoms with Gasteiger partial charge in [0.1, 0.15) is 5.82 Å². The summed E-state index contributed by atoms with van der Waals surface area (Å²) in [5.74, 6) is -15.9. The van der Waals surface area contributed by atoms with E-state index in [0.29, 0.717) is 5.69 Å². The molecular weight excluding hydrogens is 685 g/mol. The van der Waals surface area contributed by atoms with E-state index in [-0.39, 0.29) is 31.4 Å². The minimum absolute atomic E-state index is 0. The standard InChI is InChI=1S/C11H6F2N.C10H4F7N4.Ir/c12-8-4-5-9(10(13)7-8)11-3-1-2-6-14-11;11-8(12,9(13,14)10(15,16)17)7-19-6(20-21-7)5-3-1-2-4-18-5;/h1-4,6-7H;1-4H;/q2*-1;. The Morgan fingerprint density at radius 2 is 1.39 bits per heavy atom. The molecule has 0 aliphatic heterocycles. The summed E-state index contributed by atoms with van der Waals surface area (Å²) in [6, 6.07) is 13.7.